The van der Waals surface area contributed by atoms with Gasteiger partial charge in [0, 0.05) is 17.6 Å². The molecule has 2 atom stereocenters. The van der Waals surface area contributed by atoms with Crippen molar-refractivity contribution in [3.63, 3.8) is 0 Å². The number of carbonyl (C=O) groups is 2. The summed E-state index contributed by atoms with van der Waals surface area (Å²) in [7, 11) is 0. The zero-order valence-electron chi connectivity index (χ0n) is 18.2. The minimum Gasteiger partial charge on any atom is -0.484 e. The van der Waals surface area contributed by atoms with E-state index >= 15 is 0 Å². The van der Waals surface area contributed by atoms with E-state index < -0.39 is 6.04 Å². The Morgan fingerprint density at radius 1 is 1.07 bits per heavy atom. The molecule has 0 aliphatic carbocycles. The molecule has 0 bridgehead atoms. The molecule has 6 heteroatoms. The molecule has 2 aromatic carbocycles. The summed E-state index contributed by atoms with van der Waals surface area (Å²) in [5.41, 5.74) is 1.90. The number of benzene rings is 2. The van der Waals surface area contributed by atoms with Gasteiger partial charge >= 0.3 is 0 Å². The summed E-state index contributed by atoms with van der Waals surface area (Å²) >= 11 is 6.33. The number of hydrogen-bond donors (Lipinski definition) is 1. The molecule has 162 valence electrons. The van der Waals surface area contributed by atoms with Gasteiger partial charge in [0.05, 0.1) is 0 Å². The lowest BCUT2D eigenvalue weighted by Crippen LogP contribution is -2.51. The van der Waals surface area contributed by atoms with Crippen molar-refractivity contribution in [2.24, 2.45) is 0 Å². The van der Waals surface area contributed by atoms with Gasteiger partial charge in [0.2, 0.25) is 5.91 Å². The molecule has 0 saturated heterocycles. The van der Waals surface area contributed by atoms with Crippen LogP contribution in [-0.4, -0.2) is 35.4 Å². The third-order valence-electron chi connectivity index (χ3n) is 5.07. The van der Waals surface area contributed by atoms with E-state index in [2.05, 4.69) is 5.32 Å². The Kier molecular flexibility index (Phi) is 9.18. The second-order valence-electron chi connectivity index (χ2n) is 7.46. The topological polar surface area (TPSA) is 58.6 Å². The van der Waals surface area contributed by atoms with Crippen molar-refractivity contribution in [1.29, 1.82) is 0 Å². The van der Waals surface area contributed by atoms with Crippen molar-refractivity contribution >= 4 is 23.4 Å². The Bertz CT molecular complexity index is 839. The monoisotopic (exact) mass is 430 g/mol. The molecule has 1 N–H and O–H groups in total. The van der Waals surface area contributed by atoms with Crippen LogP contribution in [0.25, 0.3) is 0 Å². The zero-order chi connectivity index (χ0) is 22.1. The van der Waals surface area contributed by atoms with Gasteiger partial charge in [0.15, 0.2) is 6.61 Å². The molecule has 2 aromatic rings. The van der Waals surface area contributed by atoms with Crippen molar-refractivity contribution in [2.75, 3.05) is 6.61 Å². The van der Waals surface area contributed by atoms with Crippen LogP contribution in [-0.2, 0) is 16.1 Å². The molecule has 2 amide bonds. The lowest BCUT2D eigenvalue weighted by Gasteiger charge is -2.31. The number of nitrogens with one attached hydrogen (secondary N) is 1. The third-order valence-corrected chi connectivity index (χ3v) is 5.44. The van der Waals surface area contributed by atoms with Crippen molar-refractivity contribution in [3.05, 3.63) is 64.7 Å². The summed E-state index contributed by atoms with van der Waals surface area (Å²) in [6.07, 6.45) is 1.31. The second-order valence-corrected chi connectivity index (χ2v) is 7.86. The van der Waals surface area contributed by atoms with Crippen LogP contribution >= 0.6 is 11.6 Å². The van der Waals surface area contributed by atoms with Gasteiger partial charge in [-0.05, 0) is 50.5 Å². The van der Waals surface area contributed by atoms with Crippen LogP contribution in [0.5, 0.6) is 5.75 Å². The number of amides is 2. The predicted octanol–water partition coefficient (Wildman–Crippen LogP) is 4.75. The molecule has 0 aromatic heterocycles. The van der Waals surface area contributed by atoms with Crippen LogP contribution < -0.4 is 10.1 Å². The second kappa shape index (κ2) is 11.6. The molecule has 2 rings (SSSR count). The first-order valence-electron chi connectivity index (χ1n) is 10.4. The lowest BCUT2D eigenvalue weighted by molar-refractivity contribution is -0.143. The predicted molar refractivity (Wildman–Crippen MR) is 121 cm³/mol. The molecule has 0 aliphatic rings. The third kappa shape index (κ3) is 6.77. The maximum Gasteiger partial charge on any atom is 0.261 e. The summed E-state index contributed by atoms with van der Waals surface area (Å²) in [5.74, 6) is 0.188. The normalized spacial score (nSPS) is 12.7. The van der Waals surface area contributed by atoms with Crippen LogP contribution in [0.15, 0.2) is 48.5 Å². The highest BCUT2D eigenvalue weighted by molar-refractivity contribution is 6.31. The molecule has 0 aliphatic heterocycles. The number of aryl methyl sites for hydroxylation is 1. The zero-order valence-corrected chi connectivity index (χ0v) is 18.9. The lowest BCUT2D eigenvalue weighted by atomic mass is 10.1. The van der Waals surface area contributed by atoms with Gasteiger partial charge in [-0.25, -0.2) is 0 Å². The molecule has 0 spiro atoms. The Balaban J connectivity index is 2.21. The minimum atomic E-state index is -0.607. The van der Waals surface area contributed by atoms with Crippen LogP contribution in [0.3, 0.4) is 0 Å². The van der Waals surface area contributed by atoms with Crippen LogP contribution in [0.4, 0.5) is 0 Å². The van der Waals surface area contributed by atoms with Crippen LogP contribution in [0, 0.1) is 6.92 Å². The molecule has 0 heterocycles. The van der Waals surface area contributed by atoms with Gasteiger partial charge in [-0.3, -0.25) is 9.59 Å². The molecule has 0 fully saturated rings. The average molecular weight is 431 g/mol. The van der Waals surface area contributed by atoms with E-state index in [4.69, 9.17) is 16.3 Å². The quantitative estimate of drug-likeness (QED) is 0.591. The summed E-state index contributed by atoms with van der Waals surface area (Å²) < 4.78 is 5.69. The van der Waals surface area contributed by atoms with Gasteiger partial charge in [0.25, 0.3) is 5.91 Å². The first kappa shape index (κ1) is 23.7. The average Bonchev–Trinajstić information content (AvgIpc) is 2.74. The molecule has 0 saturated carbocycles. The molecule has 0 unspecified atom stereocenters. The van der Waals surface area contributed by atoms with E-state index in [1.54, 1.807) is 11.0 Å². The molecular formula is C24H31ClN2O3. The largest absolute Gasteiger partial charge is 0.484 e. The molecule has 30 heavy (non-hydrogen) atoms. The number of rotatable bonds is 10. The van der Waals surface area contributed by atoms with Crippen molar-refractivity contribution in [1.82, 2.24) is 10.2 Å². The van der Waals surface area contributed by atoms with Gasteiger partial charge in [-0.1, -0.05) is 61.3 Å². The van der Waals surface area contributed by atoms with E-state index in [1.807, 2.05) is 70.2 Å². The molecule has 0 radical (unpaired) electrons. The van der Waals surface area contributed by atoms with Gasteiger partial charge in [0.1, 0.15) is 11.8 Å². The van der Waals surface area contributed by atoms with Crippen LogP contribution in [0.1, 0.15) is 44.7 Å². The minimum absolute atomic E-state index is 0.0348. The highest BCUT2D eigenvalue weighted by atomic mass is 35.5. The summed E-state index contributed by atoms with van der Waals surface area (Å²) in [5, 5.41) is 3.55. The Morgan fingerprint density at radius 2 is 1.73 bits per heavy atom. The van der Waals surface area contributed by atoms with Gasteiger partial charge in [-0.2, -0.15) is 0 Å². The van der Waals surface area contributed by atoms with Gasteiger partial charge in [-0.15, -0.1) is 0 Å². The maximum atomic E-state index is 13.1. The number of hydrogen-bond acceptors (Lipinski definition) is 3. The number of carbonyl (C=O) groups excluding carboxylic acids is 2. The fourth-order valence-electron chi connectivity index (χ4n) is 3.03. The maximum absolute atomic E-state index is 13.1. The first-order chi connectivity index (χ1) is 14.3. The van der Waals surface area contributed by atoms with Crippen LogP contribution in [0.2, 0.25) is 5.02 Å². The first-order valence-corrected chi connectivity index (χ1v) is 10.8. The number of nitrogens with zero attached hydrogens (tertiary/aromatic N) is 1. The van der Waals surface area contributed by atoms with E-state index in [0.29, 0.717) is 17.2 Å². The highest BCUT2D eigenvalue weighted by Gasteiger charge is 2.29. The number of ether oxygens (including phenoxy) is 1. The Hall–Kier alpha value is -2.53. The number of halogens is 1. The van der Waals surface area contributed by atoms with E-state index in [1.165, 1.54) is 0 Å². The van der Waals surface area contributed by atoms with Gasteiger partial charge < -0.3 is 15.0 Å². The Morgan fingerprint density at radius 3 is 2.33 bits per heavy atom. The van der Waals surface area contributed by atoms with Crippen molar-refractivity contribution in [2.45, 2.75) is 59.2 Å². The van der Waals surface area contributed by atoms with E-state index in [9.17, 15) is 9.59 Å². The SMILES string of the molecule is CC[C@H](C(=O)N[C@@H](C)CC)N(Cc1ccccc1Cl)C(=O)COc1ccc(C)cc1. The smallest absolute Gasteiger partial charge is 0.261 e. The van der Waals surface area contributed by atoms with Crippen molar-refractivity contribution < 1.29 is 14.3 Å². The fourth-order valence-corrected chi connectivity index (χ4v) is 3.23. The Labute approximate surface area is 184 Å². The standard InChI is InChI=1S/C24H31ClN2O3/c1-5-18(4)26-24(29)22(6-2)27(15-19-9-7-8-10-21(19)25)23(28)16-30-20-13-11-17(3)12-14-20/h7-14,18,22H,5-6,15-16H2,1-4H3,(H,26,29)/t18-,22+/m0/s1. The molecular weight excluding hydrogens is 400 g/mol. The molecule has 5 nitrogen and oxygen atoms in total. The summed E-state index contributed by atoms with van der Waals surface area (Å²) in [6, 6.07) is 14.3. The highest BCUT2D eigenvalue weighted by Crippen LogP contribution is 2.20. The summed E-state index contributed by atoms with van der Waals surface area (Å²) in [4.78, 5) is 27.6. The summed E-state index contributed by atoms with van der Waals surface area (Å²) in [6.45, 7) is 7.93. The van der Waals surface area contributed by atoms with E-state index in [0.717, 1.165) is 17.5 Å². The van der Waals surface area contributed by atoms with E-state index in [-0.39, 0.29) is 31.0 Å². The fraction of sp³-hybridized carbons (Fsp3) is 0.417. The van der Waals surface area contributed by atoms with Crippen molar-refractivity contribution in [3.8, 4) is 5.75 Å².